The zero-order valence-electron chi connectivity index (χ0n) is 14.6. The molecule has 8 nitrogen and oxygen atoms in total. The predicted octanol–water partition coefficient (Wildman–Crippen LogP) is 1.21. The van der Waals surface area contributed by atoms with Crippen LogP contribution in [0.15, 0.2) is 41.9 Å². The second kappa shape index (κ2) is 6.64. The second-order valence-electron chi connectivity index (χ2n) is 6.93. The zero-order valence-corrected chi connectivity index (χ0v) is 15.4. The third-order valence-electron chi connectivity index (χ3n) is 4.89. The van der Waals surface area contributed by atoms with Crippen molar-refractivity contribution in [3.63, 3.8) is 0 Å². The largest absolute Gasteiger partial charge is 0.472 e. The van der Waals surface area contributed by atoms with E-state index in [1.165, 1.54) is 16.8 Å². The van der Waals surface area contributed by atoms with E-state index in [4.69, 9.17) is 9.47 Å². The molecule has 0 aromatic carbocycles. The van der Waals surface area contributed by atoms with Crippen molar-refractivity contribution in [2.75, 3.05) is 19.7 Å². The summed E-state index contributed by atoms with van der Waals surface area (Å²) in [6.07, 6.45) is 6.81. The summed E-state index contributed by atoms with van der Waals surface area (Å²) in [5.74, 6) is 0.562. The fourth-order valence-corrected chi connectivity index (χ4v) is 5.19. The van der Waals surface area contributed by atoms with Crippen LogP contribution in [0, 0.1) is 0 Å². The summed E-state index contributed by atoms with van der Waals surface area (Å²) >= 11 is 0. The molecule has 0 N–H and O–H groups in total. The quantitative estimate of drug-likeness (QED) is 0.795. The molecule has 4 rings (SSSR count). The first-order chi connectivity index (χ1) is 12.5. The Labute approximate surface area is 152 Å². The van der Waals surface area contributed by atoms with Gasteiger partial charge in [0.15, 0.2) is 5.03 Å². The maximum absolute atomic E-state index is 12.9. The normalized spacial score (nSPS) is 27.0. The molecule has 140 valence electrons. The minimum Gasteiger partial charge on any atom is -0.472 e. The molecule has 1 spiro atoms. The minimum absolute atomic E-state index is 0.0799. The summed E-state index contributed by atoms with van der Waals surface area (Å²) in [5, 5.41) is 0.0799. The lowest BCUT2D eigenvalue weighted by atomic mass is 9.90. The number of hydrogen-bond donors (Lipinski definition) is 0. The van der Waals surface area contributed by atoms with E-state index < -0.39 is 15.6 Å². The standard InChI is InChI=1S/C17H22N4O4S/c1-20-10-16(19-13-20)26(22,23)21-8-4-6-17(12-21)9-14(11-24-17)25-15-5-2-3-7-18-15/h2-3,5,7,10,13-14H,4,6,8-9,11-12H2,1H3/t14-,17-/m1/s1. The maximum atomic E-state index is 12.9. The van der Waals surface area contributed by atoms with E-state index in [1.807, 2.05) is 18.2 Å². The van der Waals surface area contributed by atoms with Crippen molar-refractivity contribution in [3.8, 4) is 5.88 Å². The van der Waals surface area contributed by atoms with Crippen LogP contribution in [-0.2, 0) is 21.8 Å². The molecule has 9 heteroatoms. The summed E-state index contributed by atoms with van der Waals surface area (Å²) in [5.41, 5.74) is -0.500. The van der Waals surface area contributed by atoms with Crippen LogP contribution < -0.4 is 4.74 Å². The van der Waals surface area contributed by atoms with E-state index in [0.29, 0.717) is 32.0 Å². The Hall–Kier alpha value is -1.97. The van der Waals surface area contributed by atoms with Crippen molar-refractivity contribution in [3.05, 3.63) is 36.9 Å². The molecule has 26 heavy (non-hydrogen) atoms. The topological polar surface area (TPSA) is 86.6 Å². The van der Waals surface area contributed by atoms with Gasteiger partial charge in [-0.15, -0.1) is 0 Å². The number of piperidine rings is 1. The van der Waals surface area contributed by atoms with Gasteiger partial charge in [0, 0.05) is 45.0 Å². The fraction of sp³-hybridized carbons (Fsp3) is 0.529. The summed E-state index contributed by atoms with van der Waals surface area (Å²) in [4.78, 5) is 8.19. The van der Waals surface area contributed by atoms with Gasteiger partial charge in [0.1, 0.15) is 6.10 Å². The lowest BCUT2D eigenvalue weighted by molar-refractivity contribution is -0.0339. The number of sulfonamides is 1. The van der Waals surface area contributed by atoms with E-state index in [0.717, 1.165) is 12.8 Å². The SMILES string of the molecule is Cn1cnc(S(=O)(=O)N2CCC[C@@]3(C[C@@H](Oc4ccccn4)CO3)C2)c1. The van der Waals surface area contributed by atoms with Gasteiger partial charge in [0.2, 0.25) is 5.88 Å². The van der Waals surface area contributed by atoms with Gasteiger partial charge in [-0.05, 0) is 18.9 Å². The van der Waals surface area contributed by atoms with Gasteiger partial charge in [-0.25, -0.2) is 18.4 Å². The molecule has 0 amide bonds. The molecule has 0 aliphatic carbocycles. The number of hydrogen-bond acceptors (Lipinski definition) is 6. The molecule has 2 aliphatic rings. The first-order valence-electron chi connectivity index (χ1n) is 8.67. The number of imidazole rings is 1. The van der Waals surface area contributed by atoms with E-state index in [2.05, 4.69) is 9.97 Å². The third kappa shape index (κ3) is 3.34. The molecule has 2 fully saturated rings. The van der Waals surface area contributed by atoms with E-state index in [-0.39, 0.29) is 11.1 Å². The number of ether oxygens (including phenoxy) is 2. The molecule has 4 heterocycles. The van der Waals surface area contributed by atoms with Crippen LogP contribution in [0.5, 0.6) is 5.88 Å². The van der Waals surface area contributed by atoms with Crippen LogP contribution in [0.1, 0.15) is 19.3 Å². The molecule has 0 saturated carbocycles. The molecule has 2 aliphatic heterocycles. The number of rotatable bonds is 4. The van der Waals surface area contributed by atoms with Gasteiger partial charge >= 0.3 is 0 Å². The predicted molar refractivity (Wildman–Crippen MR) is 93.2 cm³/mol. The van der Waals surface area contributed by atoms with Gasteiger partial charge < -0.3 is 14.0 Å². The van der Waals surface area contributed by atoms with Gasteiger partial charge in [0.05, 0.1) is 18.5 Å². The molecule has 0 radical (unpaired) electrons. The minimum atomic E-state index is -3.61. The van der Waals surface area contributed by atoms with Crippen LogP contribution in [-0.4, -0.2) is 58.7 Å². The molecule has 2 saturated heterocycles. The average Bonchev–Trinajstić information content (AvgIpc) is 3.23. The third-order valence-corrected chi connectivity index (χ3v) is 6.62. The van der Waals surface area contributed by atoms with Gasteiger partial charge in [-0.3, -0.25) is 0 Å². The Morgan fingerprint density at radius 3 is 2.96 bits per heavy atom. The summed E-state index contributed by atoms with van der Waals surface area (Å²) in [6, 6.07) is 5.51. The van der Waals surface area contributed by atoms with Crippen molar-refractivity contribution < 1.29 is 17.9 Å². The molecular formula is C17H22N4O4S. The van der Waals surface area contributed by atoms with Crippen molar-refractivity contribution in [1.29, 1.82) is 0 Å². The van der Waals surface area contributed by atoms with Crippen LogP contribution in [0.3, 0.4) is 0 Å². The molecular weight excluding hydrogens is 356 g/mol. The lowest BCUT2D eigenvalue weighted by Gasteiger charge is -2.38. The smallest absolute Gasteiger partial charge is 0.262 e. The Bertz CT molecular complexity index is 870. The highest BCUT2D eigenvalue weighted by atomic mass is 32.2. The van der Waals surface area contributed by atoms with Crippen LogP contribution in [0.4, 0.5) is 0 Å². The van der Waals surface area contributed by atoms with Gasteiger partial charge in [-0.2, -0.15) is 4.31 Å². The number of aryl methyl sites for hydroxylation is 1. The van der Waals surface area contributed by atoms with Crippen molar-refractivity contribution in [2.45, 2.75) is 36.0 Å². The Morgan fingerprint density at radius 1 is 1.35 bits per heavy atom. The Morgan fingerprint density at radius 2 is 2.23 bits per heavy atom. The van der Waals surface area contributed by atoms with E-state index in [1.54, 1.807) is 17.8 Å². The zero-order chi connectivity index (χ0) is 18.2. The maximum Gasteiger partial charge on any atom is 0.262 e. The Balaban J connectivity index is 1.47. The Kier molecular flexibility index (Phi) is 4.45. The fourth-order valence-electron chi connectivity index (χ4n) is 3.67. The first kappa shape index (κ1) is 17.4. The lowest BCUT2D eigenvalue weighted by Crippen LogP contribution is -2.50. The van der Waals surface area contributed by atoms with Gasteiger partial charge in [0.25, 0.3) is 10.0 Å². The van der Waals surface area contributed by atoms with Crippen LogP contribution >= 0.6 is 0 Å². The van der Waals surface area contributed by atoms with Crippen molar-refractivity contribution in [2.24, 2.45) is 7.05 Å². The highest BCUT2D eigenvalue weighted by molar-refractivity contribution is 7.89. The van der Waals surface area contributed by atoms with E-state index >= 15 is 0 Å². The molecule has 0 bridgehead atoms. The molecule has 2 atom stereocenters. The average molecular weight is 378 g/mol. The number of nitrogens with zero attached hydrogens (tertiary/aromatic N) is 4. The number of pyridine rings is 1. The highest BCUT2D eigenvalue weighted by Crippen LogP contribution is 2.37. The summed E-state index contributed by atoms with van der Waals surface area (Å²) in [7, 11) is -1.86. The van der Waals surface area contributed by atoms with E-state index in [9.17, 15) is 8.42 Å². The van der Waals surface area contributed by atoms with Gasteiger partial charge in [-0.1, -0.05) is 6.07 Å². The molecule has 2 aromatic rings. The van der Waals surface area contributed by atoms with Crippen molar-refractivity contribution >= 4 is 10.0 Å². The van der Waals surface area contributed by atoms with Crippen molar-refractivity contribution in [1.82, 2.24) is 18.8 Å². The van der Waals surface area contributed by atoms with Crippen LogP contribution in [0.2, 0.25) is 0 Å². The second-order valence-corrected chi connectivity index (χ2v) is 8.81. The monoisotopic (exact) mass is 378 g/mol. The summed E-state index contributed by atoms with van der Waals surface area (Å²) < 4.78 is 40.8. The van der Waals surface area contributed by atoms with Crippen LogP contribution in [0.25, 0.3) is 0 Å². The highest BCUT2D eigenvalue weighted by Gasteiger charge is 2.47. The summed E-state index contributed by atoms with van der Waals surface area (Å²) in [6.45, 7) is 1.25. The first-order valence-corrected chi connectivity index (χ1v) is 10.1. The number of aromatic nitrogens is 3. The molecule has 0 unspecified atom stereocenters. The molecule has 2 aromatic heterocycles.